The second kappa shape index (κ2) is 34.4. The van der Waals surface area contributed by atoms with Crippen molar-refractivity contribution in [2.24, 2.45) is 4.99 Å². The van der Waals surface area contributed by atoms with Gasteiger partial charge in [0.1, 0.15) is 0 Å². The monoisotopic (exact) mass is 1440 g/mol. The highest BCUT2D eigenvalue weighted by Crippen LogP contribution is 2.45. The Bertz CT molecular complexity index is 5650. The van der Waals surface area contributed by atoms with Crippen molar-refractivity contribution in [1.29, 1.82) is 0 Å². The van der Waals surface area contributed by atoms with E-state index in [-0.39, 0.29) is 11.8 Å². The van der Waals surface area contributed by atoms with Gasteiger partial charge in [-0.2, -0.15) is 0 Å². The second-order valence-electron chi connectivity index (χ2n) is 28.6. The Morgan fingerprint density at radius 1 is 0.402 bits per heavy atom. The lowest BCUT2D eigenvalue weighted by molar-refractivity contribution is -0.112. The standard InChI is InChI=1S/C26H18N2O2S2.C18H14.C14H13N.C12H12.3C9H13N/c1-13-3-5-17-15(11-13)23(25(29)27-17)21-9-7-19(31-21)20-8-10-22(32-20)24-16-12-14(2)4-6-18(16)28-26(24)30;1-11-7-13-3-5-15-9-12(2)10-16-6-4-14(8-11)17(13)18(15)16;1-9-3-5-13-11(7-9)12-8-10(2)4-6-14(12)15-13;1-9-8-10(2)12-7-5-3-4-6-11(9)12;1-3-8(2)9-4-6-10-7-5-9;1-3-8(2)9-5-4-6-10-7-9;1-3-8(2)9-6-4-5-7-10-9/h3-12,27,29H,1-2H3;3-10H,1-2H3;3-8,15H,1-2H3;3-8H,1-2H3;3*4-8H,3H2,1-2H3. The molecule has 0 fully saturated rings. The number of amides is 1. The minimum atomic E-state index is -0.176. The molecule has 15 aromatic rings. The van der Waals surface area contributed by atoms with Crippen LogP contribution in [0.3, 0.4) is 0 Å². The summed E-state index contributed by atoms with van der Waals surface area (Å²) in [5.41, 5.74) is 21.8. The Morgan fingerprint density at radius 3 is 1.41 bits per heavy atom. The predicted octanol–water partition coefficient (Wildman–Crippen LogP) is 25.6. The van der Waals surface area contributed by atoms with Crippen molar-refractivity contribution >= 4 is 99.2 Å². The third-order valence-electron chi connectivity index (χ3n) is 20.4. The Morgan fingerprint density at radius 2 is 0.888 bits per heavy atom. The number of hydrogen-bond donors (Lipinski definition) is 3. The minimum absolute atomic E-state index is 0.176. The van der Waals surface area contributed by atoms with Crippen LogP contribution in [0.4, 0.5) is 0 Å². The summed E-state index contributed by atoms with van der Waals surface area (Å²) in [5.74, 6) is 1.93. The molecule has 1 aliphatic heterocycles. The normalized spacial score (nSPS) is 12.3. The fourth-order valence-electron chi connectivity index (χ4n) is 13.9. The van der Waals surface area contributed by atoms with Gasteiger partial charge in [-0.3, -0.25) is 19.7 Å². The Kier molecular flexibility index (Phi) is 24.3. The van der Waals surface area contributed by atoms with Crippen molar-refractivity contribution in [3.8, 4) is 37.2 Å². The first kappa shape index (κ1) is 75.5. The summed E-state index contributed by atoms with van der Waals surface area (Å²) >= 11 is 3.24. The summed E-state index contributed by atoms with van der Waals surface area (Å²) in [7, 11) is 0. The summed E-state index contributed by atoms with van der Waals surface area (Å²) in [4.78, 5) is 39.7. The first-order valence-corrected chi connectivity index (χ1v) is 39.0. The maximum atomic E-state index is 12.6. The molecule has 1 amide bonds. The van der Waals surface area contributed by atoms with Crippen LogP contribution in [-0.2, 0) is 4.79 Å². The molecule has 538 valence electrons. The molecule has 3 aliphatic rings. The van der Waals surface area contributed by atoms with E-state index in [1.165, 1.54) is 128 Å². The van der Waals surface area contributed by atoms with Crippen LogP contribution in [0, 0.1) is 55.4 Å². The SMILES string of the molecule is CCC(C)c1ccccn1.CCC(C)c1cccnc1.CCC(C)c1ccncc1.Cc1cc(C)c2cccccc1-2.Cc1cc2ccc3cc(C)cc4ccc(c1)c2c34.Cc1ccc2[nH]c3ccc(C)cc3c2c1.Cc1ccc2c(c1)=C(c1ccc(-c3ccc(-c4c(O)[nH]c5ccc(C)cc45)s3)s1)C(=O)N=2. The molecule has 0 saturated heterocycles. The van der Waals surface area contributed by atoms with E-state index in [9.17, 15) is 9.90 Å². The molecule has 8 aromatic carbocycles. The molecule has 2 aliphatic carbocycles. The number of aromatic amines is 2. The predicted molar refractivity (Wildman–Crippen MR) is 457 cm³/mol. The summed E-state index contributed by atoms with van der Waals surface area (Å²) in [6.07, 6.45) is 12.8. The zero-order chi connectivity index (χ0) is 75.4. The molecule has 107 heavy (non-hydrogen) atoms. The van der Waals surface area contributed by atoms with Gasteiger partial charge in [0.2, 0.25) is 0 Å². The van der Waals surface area contributed by atoms with Crippen LogP contribution in [0.15, 0.2) is 260 Å². The highest BCUT2D eigenvalue weighted by Gasteiger charge is 2.22. The van der Waals surface area contributed by atoms with E-state index in [0.717, 1.165) is 64.1 Å². The smallest absolute Gasteiger partial charge is 0.279 e. The van der Waals surface area contributed by atoms with E-state index in [1.54, 1.807) is 22.7 Å². The van der Waals surface area contributed by atoms with Crippen LogP contribution in [0.5, 0.6) is 5.88 Å². The van der Waals surface area contributed by atoms with Gasteiger partial charge in [-0.05, 0) is 272 Å². The van der Waals surface area contributed by atoms with E-state index < -0.39 is 0 Å². The molecule has 8 heterocycles. The number of fused-ring (bicyclic) bond motifs is 6. The molecule has 18 rings (SSSR count). The summed E-state index contributed by atoms with van der Waals surface area (Å²) in [5, 5.41) is 24.1. The van der Waals surface area contributed by atoms with Gasteiger partial charge >= 0.3 is 0 Å². The van der Waals surface area contributed by atoms with Gasteiger partial charge < -0.3 is 15.1 Å². The maximum absolute atomic E-state index is 12.6. The third kappa shape index (κ3) is 17.7. The van der Waals surface area contributed by atoms with Gasteiger partial charge in [0.05, 0.1) is 16.5 Å². The lowest BCUT2D eigenvalue weighted by Gasteiger charge is -2.12. The van der Waals surface area contributed by atoms with Crippen molar-refractivity contribution in [2.45, 2.75) is 134 Å². The Labute approximate surface area is 638 Å². The van der Waals surface area contributed by atoms with Crippen LogP contribution in [0.25, 0.3) is 102 Å². The summed E-state index contributed by atoms with van der Waals surface area (Å²) in [6.45, 7) is 30.2. The number of nitrogens with zero attached hydrogens (tertiary/aromatic N) is 4. The number of aromatic hydroxyl groups is 1. The fourth-order valence-corrected chi connectivity index (χ4v) is 16.1. The fraction of sp³-hybridized carbons (Fsp3) is 0.206. The van der Waals surface area contributed by atoms with Crippen molar-refractivity contribution in [3.05, 3.63) is 332 Å². The molecule has 0 spiro atoms. The molecular weight excluding hydrogens is 1350 g/mol. The molecule has 3 N–H and O–H groups in total. The Balaban J connectivity index is 0.000000123. The highest BCUT2D eigenvalue weighted by atomic mass is 32.1. The van der Waals surface area contributed by atoms with Crippen LogP contribution < -0.4 is 10.6 Å². The summed E-state index contributed by atoms with van der Waals surface area (Å²) < 4.78 is 0. The number of carbonyl (C=O) groups excluding carboxylic acids is 1. The topological polar surface area (TPSA) is 120 Å². The molecule has 0 radical (unpaired) electrons. The number of rotatable bonds is 9. The quantitative estimate of drug-likeness (QED) is 0.124. The zero-order valence-electron chi connectivity index (χ0n) is 64.1. The zero-order valence-corrected chi connectivity index (χ0v) is 65.7. The lowest BCUT2D eigenvalue weighted by Crippen LogP contribution is -2.23. The number of carbonyl (C=O) groups is 1. The number of nitrogens with one attached hydrogen (secondary N) is 2. The number of pyridine rings is 3. The minimum Gasteiger partial charge on any atom is -0.494 e. The number of H-pyrrole nitrogens is 2. The van der Waals surface area contributed by atoms with Crippen molar-refractivity contribution in [2.75, 3.05) is 0 Å². The number of benzene rings is 8. The number of aromatic nitrogens is 5. The van der Waals surface area contributed by atoms with Crippen LogP contribution in [0.1, 0.15) is 145 Å². The second-order valence-corrected chi connectivity index (χ2v) is 30.7. The molecule has 8 nitrogen and oxygen atoms in total. The first-order chi connectivity index (χ1) is 51.7. The molecule has 0 bridgehead atoms. The molecule has 10 heteroatoms. The van der Waals surface area contributed by atoms with Crippen molar-refractivity contribution in [3.63, 3.8) is 0 Å². The molecule has 3 atom stereocenters. The molecule has 3 unspecified atom stereocenters. The number of hydrogen-bond acceptors (Lipinski definition) is 7. The van der Waals surface area contributed by atoms with Gasteiger partial charge in [-0.25, -0.2) is 4.99 Å². The number of thiophene rings is 2. The maximum Gasteiger partial charge on any atom is 0.279 e. The lowest BCUT2D eigenvalue weighted by atomic mass is 9.92. The van der Waals surface area contributed by atoms with E-state index in [2.05, 4.69) is 277 Å². The van der Waals surface area contributed by atoms with Gasteiger partial charge in [0, 0.05) is 94.1 Å². The van der Waals surface area contributed by atoms with E-state index in [0.29, 0.717) is 23.3 Å². The van der Waals surface area contributed by atoms with Gasteiger partial charge in [-0.1, -0.05) is 185 Å². The third-order valence-corrected chi connectivity index (χ3v) is 22.8. The van der Waals surface area contributed by atoms with Gasteiger partial charge in [-0.15, -0.1) is 22.7 Å². The molecule has 0 saturated carbocycles. The van der Waals surface area contributed by atoms with Gasteiger partial charge in [0.25, 0.3) is 5.91 Å². The van der Waals surface area contributed by atoms with Crippen LogP contribution in [-0.4, -0.2) is 35.9 Å². The van der Waals surface area contributed by atoms with Crippen LogP contribution >= 0.6 is 22.7 Å². The average Bonchev–Trinajstić information content (AvgIpc) is 1.58. The highest BCUT2D eigenvalue weighted by molar-refractivity contribution is 7.24. The van der Waals surface area contributed by atoms with E-state index in [4.69, 9.17) is 0 Å². The number of aryl methyl sites for hydroxylation is 8. The molecule has 7 aromatic heterocycles. The van der Waals surface area contributed by atoms with E-state index >= 15 is 0 Å². The van der Waals surface area contributed by atoms with Crippen molar-refractivity contribution < 1.29 is 9.90 Å². The first-order valence-electron chi connectivity index (χ1n) is 37.3. The molecular formula is C97H96N6O2S2. The van der Waals surface area contributed by atoms with E-state index in [1.807, 2.05) is 105 Å². The average molecular weight is 1440 g/mol. The van der Waals surface area contributed by atoms with Gasteiger partial charge in [0.15, 0.2) is 5.88 Å². The summed E-state index contributed by atoms with van der Waals surface area (Å²) in [6, 6.07) is 78.6. The van der Waals surface area contributed by atoms with Crippen LogP contribution in [0.2, 0.25) is 0 Å². The van der Waals surface area contributed by atoms with Crippen molar-refractivity contribution in [1.82, 2.24) is 24.9 Å². The largest absolute Gasteiger partial charge is 0.494 e. The Hall–Kier alpha value is -11.2.